The van der Waals surface area contributed by atoms with E-state index in [-0.39, 0.29) is 0 Å². The van der Waals surface area contributed by atoms with Gasteiger partial charge in [0.15, 0.2) is 0 Å². The largest absolute Gasteiger partial charge is 0.271 e. The van der Waals surface area contributed by atoms with E-state index < -0.39 is 0 Å². The Kier molecular flexibility index (Phi) is 5.53. The summed E-state index contributed by atoms with van der Waals surface area (Å²) in [5.74, 6) is 14.7. The molecule has 0 aliphatic heterocycles. The second-order valence-corrected chi connectivity index (χ2v) is 6.12. The molecule has 2 heteroatoms. The van der Waals surface area contributed by atoms with E-state index in [1.165, 1.54) is 44.9 Å². The monoisotopic (exact) mass is 248 g/mol. The van der Waals surface area contributed by atoms with Crippen molar-refractivity contribution in [1.29, 1.82) is 0 Å². The standard InChI is InChI=1S/C16H28N2/c1-2-3-4-9-16(18-17)15-11-10-13-7-5-6-8-14(13)12-15/h13-16,18H,4-12,17H2,1H3. The van der Waals surface area contributed by atoms with Gasteiger partial charge in [0.05, 0.1) is 0 Å². The van der Waals surface area contributed by atoms with Crippen molar-refractivity contribution in [3.63, 3.8) is 0 Å². The lowest BCUT2D eigenvalue weighted by Crippen LogP contribution is -2.44. The van der Waals surface area contributed by atoms with Crippen molar-refractivity contribution in [2.45, 2.75) is 70.8 Å². The molecule has 0 amide bonds. The fraction of sp³-hybridized carbons (Fsp3) is 0.875. The smallest absolute Gasteiger partial charge is 0.0247 e. The van der Waals surface area contributed by atoms with E-state index in [9.17, 15) is 0 Å². The van der Waals surface area contributed by atoms with Crippen LogP contribution in [0.5, 0.6) is 0 Å². The number of nitrogens with two attached hydrogens (primary N) is 1. The van der Waals surface area contributed by atoms with Crippen LogP contribution in [0.1, 0.15) is 64.7 Å². The van der Waals surface area contributed by atoms with Crippen LogP contribution >= 0.6 is 0 Å². The molecule has 0 aromatic rings. The molecule has 4 unspecified atom stereocenters. The molecule has 0 heterocycles. The lowest BCUT2D eigenvalue weighted by atomic mass is 9.66. The maximum absolute atomic E-state index is 5.76. The van der Waals surface area contributed by atoms with Gasteiger partial charge in [-0.3, -0.25) is 11.3 Å². The first-order valence-corrected chi connectivity index (χ1v) is 7.71. The van der Waals surface area contributed by atoms with E-state index in [2.05, 4.69) is 17.3 Å². The molecule has 0 aromatic heterocycles. The Balaban J connectivity index is 1.85. The van der Waals surface area contributed by atoms with Crippen LogP contribution in [-0.2, 0) is 0 Å². The zero-order chi connectivity index (χ0) is 12.8. The molecule has 2 rings (SSSR count). The fourth-order valence-corrected chi connectivity index (χ4v) is 4.08. The van der Waals surface area contributed by atoms with Crippen molar-refractivity contribution in [1.82, 2.24) is 5.43 Å². The molecule has 3 N–H and O–H groups in total. The van der Waals surface area contributed by atoms with Crippen molar-refractivity contribution >= 4 is 0 Å². The van der Waals surface area contributed by atoms with Gasteiger partial charge in [0.2, 0.25) is 0 Å². The summed E-state index contributed by atoms with van der Waals surface area (Å²) in [6.07, 6.45) is 12.2. The molecule has 0 radical (unpaired) electrons. The Bertz CT molecular complexity index is 302. The van der Waals surface area contributed by atoms with Crippen LogP contribution in [0.4, 0.5) is 0 Å². The molecule has 18 heavy (non-hydrogen) atoms. The highest BCUT2D eigenvalue weighted by molar-refractivity contribution is 4.96. The number of rotatable bonds is 4. The summed E-state index contributed by atoms with van der Waals surface area (Å²) >= 11 is 0. The van der Waals surface area contributed by atoms with Gasteiger partial charge >= 0.3 is 0 Å². The van der Waals surface area contributed by atoms with Crippen molar-refractivity contribution in [2.24, 2.45) is 23.6 Å². The van der Waals surface area contributed by atoms with Gasteiger partial charge in [0.25, 0.3) is 0 Å². The molecule has 2 nitrogen and oxygen atoms in total. The summed E-state index contributed by atoms with van der Waals surface area (Å²) < 4.78 is 0. The topological polar surface area (TPSA) is 38.0 Å². The average Bonchev–Trinajstić information content (AvgIpc) is 2.43. The van der Waals surface area contributed by atoms with Crippen LogP contribution in [0, 0.1) is 29.6 Å². The highest BCUT2D eigenvalue weighted by atomic mass is 15.2. The molecule has 2 aliphatic rings. The van der Waals surface area contributed by atoms with Gasteiger partial charge in [0.1, 0.15) is 0 Å². The SMILES string of the molecule is CC#CCCC(NN)C1CCC2CCCCC2C1. The van der Waals surface area contributed by atoms with Gasteiger partial charge in [0, 0.05) is 12.5 Å². The minimum absolute atomic E-state index is 0.480. The van der Waals surface area contributed by atoms with E-state index in [4.69, 9.17) is 5.84 Å². The third-order valence-electron chi connectivity index (χ3n) is 5.12. The van der Waals surface area contributed by atoms with E-state index in [1.807, 2.05) is 6.92 Å². The number of nitrogens with one attached hydrogen (secondary N) is 1. The van der Waals surface area contributed by atoms with Crippen LogP contribution in [0.2, 0.25) is 0 Å². The predicted molar refractivity (Wildman–Crippen MR) is 76.6 cm³/mol. The first-order valence-electron chi connectivity index (χ1n) is 7.71. The minimum atomic E-state index is 0.480. The van der Waals surface area contributed by atoms with E-state index >= 15 is 0 Å². The second-order valence-electron chi connectivity index (χ2n) is 6.12. The number of hydrazine groups is 1. The lowest BCUT2D eigenvalue weighted by molar-refractivity contribution is 0.107. The highest BCUT2D eigenvalue weighted by Crippen LogP contribution is 2.43. The summed E-state index contributed by atoms with van der Waals surface area (Å²) in [4.78, 5) is 0. The quantitative estimate of drug-likeness (QED) is 0.455. The highest BCUT2D eigenvalue weighted by Gasteiger charge is 2.34. The zero-order valence-corrected chi connectivity index (χ0v) is 11.8. The molecule has 0 aromatic carbocycles. The number of hydrogen-bond donors (Lipinski definition) is 2. The fourth-order valence-electron chi connectivity index (χ4n) is 4.08. The number of fused-ring (bicyclic) bond motifs is 1. The summed E-state index contributed by atoms with van der Waals surface area (Å²) in [6, 6.07) is 0.480. The van der Waals surface area contributed by atoms with Crippen molar-refractivity contribution in [3.8, 4) is 11.8 Å². The molecule has 102 valence electrons. The Morgan fingerprint density at radius 3 is 2.67 bits per heavy atom. The first-order chi connectivity index (χ1) is 8.85. The minimum Gasteiger partial charge on any atom is -0.271 e. The van der Waals surface area contributed by atoms with E-state index in [0.29, 0.717) is 6.04 Å². The summed E-state index contributed by atoms with van der Waals surface area (Å²) in [5.41, 5.74) is 3.06. The molecule has 2 aliphatic carbocycles. The van der Waals surface area contributed by atoms with Crippen LogP contribution in [-0.4, -0.2) is 6.04 Å². The molecule has 4 atom stereocenters. The van der Waals surface area contributed by atoms with E-state index in [1.54, 1.807) is 0 Å². The molecule has 0 spiro atoms. The Morgan fingerprint density at radius 1 is 1.17 bits per heavy atom. The predicted octanol–water partition coefficient (Wildman–Crippen LogP) is 3.23. The number of hydrogen-bond acceptors (Lipinski definition) is 2. The van der Waals surface area contributed by atoms with Crippen LogP contribution in [0.15, 0.2) is 0 Å². The average molecular weight is 248 g/mol. The van der Waals surface area contributed by atoms with Gasteiger partial charge in [-0.25, -0.2) is 0 Å². The molecule has 2 fully saturated rings. The zero-order valence-electron chi connectivity index (χ0n) is 11.8. The van der Waals surface area contributed by atoms with Crippen LogP contribution in [0.25, 0.3) is 0 Å². The van der Waals surface area contributed by atoms with Crippen LogP contribution in [0.3, 0.4) is 0 Å². The summed E-state index contributed by atoms with van der Waals surface area (Å²) in [7, 11) is 0. The molecule has 0 saturated heterocycles. The van der Waals surface area contributed by atoms with Gasteiger partial charge < -0.3 is 0 Å². The van der Waals surface area contributed by atoms with E-state index in [0.717, 1.165) is 30.6 Å². The molecular formula is C16H28N2. The normalized spacial score (nSPS) is 33.1. The second kappa shape index (κ2) is 7.16. The third kappa shape index (κ3) is 3.49. The maximum Gasteiger partial charge on any atom is 0.0247 e. The van der Waals surface area contributed by atoms with Gasteiger partial charge in [-0.15, -0.1) is 11.8 Å². The van der Waals surface area contributed by atoms with Crippen molar-refractivity contribution in [3.05, 3.63) is 0 Å². The lowest BCUT2D eigenvalue weighted by Gasteiger charge is -2.41. The van der Waals surface area contributed by atoms with Gasteiger partial charge in [-0.2, -0.15) is 0 Å². The van der Waals surface area contributed by atoms with Gasteiger partial charge in [-0.05, 0) is 50.4 Å². The summed E-state index contributed by atoms with van der Waals surface area (Å²) in [5, 5.41) is 0. The first kappa shape index (κ1) is 13.9. The van der Waals surface area contributed by atoms with Crippen LogP contribution < -0.4 is 11.3 Å². The molecular weight excluding hydrogens is 220 g/mol. The molecule has 2 saturated carbocycles. The third-order valence-corrected chi connectivity index (χ3v) is 5.12. The van der Waals surface area contributed by atoms with Gasteiger partial charge in [-0.1, -0.05) is 25.7 Å². The molecule has 0 bridgehead atoms. The Morgan fingerprint density at radius 2 is 1.94 bits per heavy atom. The van der Waals surface area contributed by atoms with Crippen molar-refractivity contribution < 1.29 is 0 Å². The maximum atomic E-state index is 5.76. The Hall–Kier alpha value is -0.520. The van der Waals surface area contributed by atoms with Crippen molar-refractivity contribution in [2.75, 3.05) is 0 Å². The Labute approximate surface area is 112 Å². The summed E-state index contributed by atoms with van der Waals surface area (Å²) in [6.45, 7) is 1.91.